The maximum Gasteiger partial charge on any atom is 0.304 e. The summed E-state index contributed by atoms with van der Waals surface area (Å²) in [4.78, 5) is 47.8. The number of esters is 1. The number of hydrogen-bond acceptors (Lipinski definition) is 5. The van der Waals surface area contributed by atoms with Gasteiger partial charge in [0, 0.05) is 6.92 Å². The predicted octanol–water partition coefficient (Wildman–Crippen LogP) is -0.330. The Labute approximate surface area is 113 Å². The van der Waals surface area contributed by atoms with Crippen LogP contribution < -0.4 is 5.32 Å². The first-order valence-corrected chi connectivity index (χ1v) is 5.95. The highest BCUT2D eigenvalue weighted by Crippen LogP contribution is 2.28. The van der Waals surface area contributed by atoms with Gasteiger partial charge in [0.1, 0.15) is 0 Å². The van der Waals surface area contributed by atoms with E-state index in [1.807, 2.05) is 0 Å². The molecule has 0 spiro atoms. The van der Waals surface area contributed by atoms with Crippen molar-refractivity contribution in [1.82, 2.24) is 10.2 Å². The van der Waals surface area contributed by atoms with E-state index in [0.29, 0.717) is 0 Å². The van der Waals surface area contributed by atoms with Crippen LogP contribution in [-0.4, -0.2) is 40.9 Å². The van der Waals surface area contributed by atoms with Crippen LogP contribution in [0.25, 0.3) is 0 Å². The second-order valence-corrected chi connectivity index (χ2v) is 4.51. The largest absolute Gasteiger partial charge is 0.439 e. The summed E-state index contributed by atoms with van der Waals surface area (Å²) in [6, 6.07) is 5.21. The fourth-order valence-electron chi connectivity index (χ4n) is 2.33. The van der Waals surface area contributed by atoms with E-state index in [1.165, 1.54) is 19.1 Å². The van der Waals surface area contributed by atoms with Crippen LogP contribution in [0.4, 0.5) is 0 Å². The van der Waals surface area contributed by atoms with E-state index < -0.39 is 36.0 Å². The quantitative estimate of drug-likeness (QED) is 0.453. The minimum absolute atomic E-state index is 0.249. The van der Waals surface area contributed by atoms with Gasteiger partial charge in [0.15, 0.2) is 6.04 Å². The molecule has 7 heteroatoms. The molecule has 2 atom stereocenters. The minimum Gasteiger partial charge on any atom is -0.439 e. The Balaban J connectivity index is 1.92. The molecule has 0 unspecified atom stereocenters. The van der Waals surface area contributed by atoms with Crippen LogP contribution in [0.3, 0.4) is 0 Å². The van der Waals surface area contributed by atoms with Crippen molar-refractivity contribution < 1.29 is 23.9 Å². The third-order valence-corrected chi connectivity index (χ3v) is 3.24. The molecular formula is C13H10N2O5. The molecule has 3 rings (SSSR count). The Kier molecular flexibility index (Phi) is 2.56. The summed E-state index contributed by atoms with van der Waals surface area (Å²) in [7, 11) is 0. The number of fused-ring (bicyclic) bond motifs is 1. The second-order valence-electron chi connectivity index (χ2n) is 4.51. The van der Waals surface area contributed by atoms with Gasteiger partial charge >= 0.3 is 5.97 Å². The van der Waals surface area contributed by atoms with Crippen molar-refractivity contribution in [3.8, 4) is 0 Å². The molecule has 1 aromatic carbocycles. The van der Waals surface area contributed by atoms with Gasteiger partial charge in [-0.15, -0.1) is 0 Å². The summed E-state index contributed by atoms with van der Waals surface area (Å²) in [5, 5.41) is 2.34. The maximum absolute atomic E-state index is 12.2. The fraction of sp³-hybridized carbons (Fsp3) is 0.231. The summed E-state index contributed by atoms with van der Waals surface area (Å²) in [5.74, 6) is -2.23. The lowest BCUT2D eigenvalue weighted by atomic mass is 10.1. The lowest BCUT2D eigenvalue weighted by Gasteiger charge is -2.39. The summed E-state index contributed by atoms with van der Waals surface area (Å²) < 4.78 is 4.86. The van der Waals surface area contributed by atoms with Crippen LogP contribution in [0, 0.1) is 0 Å². The Bertz CT molecular complexity index is 619. The molecule has 2 aliphatic heterocycles. The number of rotatable bonds is 2. The number of hydrogen-bond donors (Lipinski definition) is 1. The molecular weight excluding hydrogens is 264 g/mol. The molecule has 0 aromatic heterocycles. The molecule has 1 fully saturated rings. The molecule has 2 heterocycles. The molecule has 1 saturated heterocycles. The average Bonchev–Trinajstić information content (AvgIpc) is 2.64. The fourth-order valence-corrected chi connectivity index (χ4v) is 2.33. The van der Waals surface area contributed by atoms with E-state index in [1.54, 1.807) is 12.1 Å². The van der Waals surface area contributed by atoms with Gasteiger partial charge in [-0.05, 0) is 12.1 Å². The van der Waals surface area contributed by atoms with Gasteiger partial charge in [0.05, 0.1) is 11.1 Å². The highest BCUT2D eigenvalue weighted by atomic mass is 16.6. The summed E-state index contributed by atoms with van der Waals surface area (Å²) >= 11 is 0. The van der Waals surface area contributed by atoms with Gasteiger partial charge in [-0.25, -0.2) is 0 Å². The van der Waals surface area contributed by atoms with Crippen LogP contribution in [0.1, 0.15) is 27.6 Å². The number of carbonyl (C=O) groups is 4. The monoisotopic (exact) mass is 274 g/mol. The van der Waals surface area contributed by atoms with Crippen molar-refractivity contribution in [2.75, 3.05) is 0 Å². The van der Waals surface area contributed by atoms with Crippen LogP contribution >= 0.6 is 0 Å². The Hall–Kier alpha value is -2.70. The molecule has 0 aliphatic carbocycles. The summed E-state index contributed by atoms with van der Waals surface area (Å²) in [6.07, 6.45) is -0.984. The van der Waals surface area contributed by atoms with Gasteiger partial charge < -0.3 is 10.1 Å². The molecule has 3 amide bonds. The van der Waals surface area contributed by atoms with Gasteiger partial charge in [-0.1, -0.05) is 12.1 Å². The highest BCUT2D eigenvalue weighted by Gasteiger charge is 2.53. The van der Waals surface area contributed by atoms with E-state index in [9.17, 15) is 19.2 Å². The first-order chi connectivity index (χ1) is 9.50. The normalized spacial score (nSPS) is 24.1. The zero-order chi connectivity index (χ0) is 14.4. The predicted molar refractivity (Wildman–Crippen MR) is 64.4 cm³/mol. The van der Waals surface area contributed by atoms with Crippen LogP contribution in [-0.2, 0) is 14.3 Å². The van der Waals surface area contributed by atoms with Crippen LogP contribution in [0.5, 0.6) is 0 Å². The van der Waals surface area contributed by atoms with Gasteiger partial charge in [0.2, 0.25) is 6.23 Å². The van der Waals surface area contributed by atoms with E-state index in [4.69, 9.17) is 4.74 Å². The van der Waals surface area contributed by atoms with E-state index in [0.717, 1.165) is 4.90 Å². The number of β-lactam (4-membered cyclic amide) rings is 1. The van der Waals surface area contributed by atoms with Crippen LogP contribution in [0.2, 0.25) is 0 Å². The standard InChI is InChI=1S/C13H10N2O5/c1-6(16)20-11-9(10(17)14-11)15-12(18)7-4-2-3-5-8(7)13(15)19/h2-5,9,11H,1H3,(H,14,17)/t9-,11+/m1/s1. The minimum atomic E-state index is -1.11. The number of imide groups is 1. The SMILES string of the molecule is CC(=O)O[C@@H]1NC(=O)[C@H]1N1C(=O)c2ccccc2C1=O. The number of nitrogens with zero attached hydrogens (tertiary/aromatic N) is 1. The van der Waals surface area contributed by atoms with Crippen LogP contribution in [0.15, 0.2) is 24.3 Å². The molecule has 0 radical (unpaired) electrons. The lowest BCUT2D eigenvalue weighted by Crippen LogP contribution is -2.71. The third kappa shape index (κ3) is 1.59. The van der Waals surface area contributed by atoms with Crippen molar-refractivity contribution in [2.45, 2.75) is 19.2 Å². The number of nitrogens with one attached hydrogen (secondary N) is 1. The molecule has 2 aliphatic rings. The van der Waals surface area contributed by atoms with Gasteiger partial charge in [0.25, 0.3) is 17.7 Å². The first kappa shape index (κ1) is 12.3. The van der Waals surface area contributed by atoms with Crippen molar-refractivity contribution in [1.29, 1.82) is 0 Å². The van der Waals surface area contributed by atoms with E-state index >= 15 is 0 Å². The summed E-state index contributed by atoms with van der Waals surface area (Å²) in [5.41, 5.74) is 0.498. The van der Waals surface area contributed by atoms with Crippen molar-refractivity contribution in [2.24, 2.45) is 0 Å². The first-order valence-electron chi connectivity index (χ1n) is 5.95. The average molecular weight is 274 g/mol. The topological polar surface area (TPSA) is 92.8 Å². The smallest absolute Gasteiger partial charge is 0.304 e. The summed E-state index contributed by atoms with van der Waals surface area (Å²) in [6.45, 7) is 1.18. The highest BCUT2D eigenvalue weighted by molar-refractivity contribution is 6.23. The second kappa shape index (κ2) is 4.16. The molecule has 0 saturated carbocycles. The molecule has 102 valence electrons. The van der Waals surface area contributed by atoms with E-state index in [-0.39, 0.29) is 11.1 Å². The number of amides is 3. The van der Waals surface area contributed by atoms with Gasteiger partial charge in [-0.3, -0.25) is 24.1 Å². The Morgan fingerprint density at radius 2 is 1.70 bits per heavy atom. The maximum atomic E-state index is 12.2. The van der Waals surface area contributed by atoms with Crippen molar-refractivity contribution in [3.05, 3.63) is 35.4 Å². The molecule has 20 heavy (non-hydrogen) atoms. The number of carbonyl (C=O) groups excluding carboxylic acids is 4. The lowest BCUT2D eigenvalue weighted by molar-refractivity contribution is -0.166. The number of ether oxygens (including phenoxy) is 1. The van der Waals surface area contributed by atoms with Crippen molar-refractivity contribution >= 4 is 23.7 Å². The van der Waals surface area contributed by atoms with Crippen molar-refractivity contribution in [3.63, 3.8) is 0 Å². The zero-order valence-corrected chi connectivity index (χ0v) is 10.5. The zero-order valence-electron chi connectivity index (χ0n) is 10.5. The third-order valence-electron chi connectivity index (χ3n) is 3.24. The Morgan fingerprint density at radius 3 is 2.15 bits per heavy atom. The van der Waals surface area contributed by atoms with Gasteiger partial charge in [-0.2, -0.15) is 0 Å². The molecule has 0 bridgehead atoms. The molecule has 1 N–H and O–H groups in total. The Morgan fingerprint density at radius 1 is 1.15 bits per heavy atom. The molecule has 7 nitrogen and oxygen atoms in total. The van der Waals surface area contributed by atoms with E-state index in [2.05, 4.69) is 5.32 Å². The molecule has 1 aromatic rings. The number of benzene rings is 1.